The second-order valence-electron chi connectivity index (χ2n) is 5.16. The smallest absolute Gasteiger partial charge is 0.336 e. The van der Waals surface area contributed by atoms with E-state index in [-0.39, 0.29) is 5.97 Å². The molecule has 2 aliphatic rings. The Morgan fingerprint density at radius 1 is 1.59 bits per heavy atom. The Hall–Kier alpha value is -0.650. The van der Waals surface area contributed by atoms with Crippen molar-refractivity contribution in [3.05, 3.63) is 0 Å². The van der Waals surface area contributed by atoms with Crippen molar-refractivity contribution in [2.75, 3.05) is 39.9 Å². The Morgan fingerprint density at radius 2 is 2.35 bits per heavy atom. The summed E-state index contributed by atoms with van der Waals surface area (Å²) in [5.41, 5.74) is 6.06. The largest absolute Gasteiger partial charge is 0.467 e. The van der Waals surface area contributed by atoms with Crippen LogP contribution in [0.3, 0.4) is 0 Å². The van der Waals surface area contributed by atoms with Crippen LogP contribution in [0.15, 0.2) is 0 Å². The molecule has 5 nitrogen and oxygen atoms in total. The number of methoxy groups -OCH3 is 1. The highest BCUT2D eigenvalue weighted by Gasteiger charge is 2.43. The monoisotopic (exact) mass is 242 g/mol. The average Bonchev–Trinajstić information content (AvgIpc) is 3.08. The minimum atomic E-state index is -0.414. The molecule has 0 amide bonds. The molecule has 1 saturated carbocycles. The van der Waals surface area contributed by atoms with Gasteiger partial charge in [0.15, 0.2) is 6.10 Å². The number of esters is 1. The van der Waals surface area contributed by atoms with Gasteiger partial charge in [-0.1, -0.05) is 0 Å². The van der Waals surface area contributed by atoms with E-state index < -0.39 is 6.10 Å². The van der Waals surface area contributed by atoms with Crippen molar-refractivity contribution in [1.29, 1.82) is 0 Å². The highest BCUT2D eigenvalue weighted by atomic mass is 16.6. The Labute approximate surface area is 102 Å². The van der Waals surface area contributed by atoms with E-state index in [9.17, 15) is 4.79 Å². The number of hydrogen-bond donors (Lipinski definition) is 1. The first-order chi connectivity index (χ1) is 8.19. The summed E-state index contributed by atoms with van der Waals surface area (Å²) in [5.74, 6) is -0.265. The maximum absolute atomic E-state index is 11.4. The quantitative estimate of drug-likeness (QED) is 0.687. The summed E-state index contributed by atoms with van der Waals surface area (Å²) in [6.07, 6.45) is 3.21. The normalized spacial score (nSPS) is 27.8. The van der Waals surface area contributed by atoms with Gasteiger partial charge in [-0.15, -0.1) is 0 Å². The molecule has 1 aliphatic heterocycles. The molecule has 0 radical (unpaired) electrons. The molecule has 1 heterocycles. The molecule has 1 atom stereocenters. The lowest BCUT2D eigenvalue weighted by Gasteiger charge is -2.34. The molecule has 0 bridgehead atoms. The van der Waals surface area contributed by atoms with E-state index in [4.69, 9.17) is 15.2 Å². The van der Waals surface area contributed by atoms with E-state index in [2.05, 4.69) is 4.90 Å². The van der Waals surface area contributed by atoms with Crippen LogP contribution in [0.4, 0.5) is 0 Å². The maximum Gasteiger partial charge on any atom is 0.336 e. The molecule has 0 aromatic rings. The number of hydrogen-bond acceptors (Lipinski definition) is 5. The predicted octanol–water partition coefficient (Wildman–Crippen LogP) is -0.0108. The van der Waals surface area contributed by atoms with E-state index >= 15 is 0 Å². The maximum atomic E-state index is 11.4. The van der Waals surface area contributed by atoms with Gasteiger partial charge < -0.3 is 15.2 Å². The van der Waals surface area contributed by atoms with Crippen molar-refractivity contribution in [2.24, 2.45) is 11.1 Å². The van der Waals surface area contributed by atoms with Crippen molar-refractivity contribution in [3.8, 4) is 0 Å². The Kier molecular flexibility index (Phi) is 4.01. The molecule has 1 saturated heterocycles. The SMILES string of the molecule is COC(=O)C1CN(CC2(CCN)CC2)CCO1. The van der Waals surface area contributed by atoms with Crippen LogP contribution in [0.2, 0.25) is 0 Å². The van der Waals surface area contributed by atoms with Gasteiger partial charge in [-0.3, -0.25) is 4.90 Å². The fourth-order valence-electron chi connectivity index (χ4n) is 2.56. The molecular formula is C12H22N2O3. The molecule has 5 heteroatoms. The van der Waals surface area contributed by atoms with E-state index in [1.165, 1.54) is 20.0 Å². The number of carbonyl (C=O) groups excluding carboxylic acids is 1. The van der Waals surface area contributed by atoms with Crippen LogP contribution in [0.1, 0.15) is 19.3 Å². The van der Waals surface area contributed by atoms with Gasteiger partial charge in [0.2, 0.25) is 0 Å². The summed E-state index contributed by atoms with van der Waals surface area (Å²) >= 11 is 0. The minimum Gasteiger partial charge on any atom is -0.467 e. The topological polar surface area (TPSA) is 64.8 Å². The fraction of sp³-hybridized carbons (Fsp3) is 0.917. The molecule has 1 aliphatic carbocycles. The lowest BCUT2D eigenvalue weighted by atomic mass is 10.0. The number of rotatable bonds is 5. The Balaban J connectivity index is 1.83. The zero-order valence-corrected chi connectivity index (χ0v) is 10.5. The van der Waals surface area contributed by atoms with E-state index in [0.29, 0.717) is 18.6 Å². The standard InChI is InChI=1S/C12H22N2O3/c1-16-11(15)10-8-14(6-7-17-10)9-12(2-3-12)4-5-13/h10H,2-9,13H2,1H3. The minimum absolute atomic E-state index is 0.265. The zero-order chi connectivity index (χ0) is 12.3. The first kappa shape index (κ1) is 12.8. The van der Waals surface area contributed by atoms with Gasteiger partial charge in [-0.05, 0) is 31.2 Å². The number of carbonyl (C=O) groups is 1. The van der Waals surface area contributed by atoms with Crippen molar-refractivity contribution >= 4 is 5.97 Å². The third-order valence-electron chi connectivity index (χ3n) is 3.81. The van der Waals surface area contributed by atoms with Gasteiger partial charge in [0.05, 0.1) is 13.7 Å². The van der Waals surface area contributed by atoms with Gasteiger partial charge in [-0.25, -0.2) is 4.79 Å². The van der Waals surface area contributed by atoms with Gasteiger partial charge in [0, 0.05) is 19.6 Å². The van der Waals surface area contributed by atoms with Gasteiger partial charge in [0.1, 0.15) is 0 Å². The van der Waals surface area contributed by atoms with Gasteiger partial charge >= 0.3 is 5.97 Å². The van der Waals surface area contributed by atoms with Crippen LogP contribution in [-0.2, 0) is 14.3 Å². The summed E-state index contributed by atoms with van der Waals surface area (Å²) in [7, 11) is 1.40. The number of ether oxygens (including phenoxy) is 2. The van der Waals surface area contributed by atoms with Crippen LogP contribution < -0.4 is 5.73 Å². The molecule has 2 rings (SSSR count). The third-order valence-corrected chi connectivity index (χ3v) is 3.81. The second kappa shape index (κ2) is 5.33. The summed E-state index contributed by atoms with van der Waals surface area (Å²) in [6, 6.07) is 0. The zero-order valence-electron chi connectivity index (χ0n) is 10.5. The van der Waals surface area contributed by atoms with Crippen molar-refractivity contribution in [1.82, 2.24) is 4.90 Å². The first-order valence-electron chi connectivity index (χ1n) is 6.31. The van der Waals surface area contributed by atoms with E-state index in [1.54, 1.807) is 0 Å². The van der Waals surface area contributed by atoms with Crippen LogP contribution >= 0.6 is 0 Å². The first-order valence-corrected chi connectivity index (χ1v) is 6.31. The predicted molar refractivity (Wildman–Crippen MR) is 63.5 cm³/mol. The molecule has 98 valence electrons. The Morgan fingerprint density at radius 3 is 2.94 bits per heavy atom. The lowest BCUT2D eigenvalue weighted by molar-refractivity contribution is -0.160. The Bertz CT molecular complexity index is 279. The highest BCUT2D eigenvalue weighted by Crippen LogP contribution is 2.49. The summed E-state index contributed by atoms with van der Waals surface area (Å²) in [5, 5.41) is 0. The average molecular weight is 242 g/mol. The summed E-state index contributed by atoms with van der Waals surface area (Å²) in [4.78, 5) is 13.7. The molecule has 1 unspecified atom stereocenters. The van der Waals surface area contributed by atoms with E-state index in [0.717, 1.165) is 26.1 Å². The van der Waals surface area contributed by atoms with Crippen molar-refractivity contribution < 1.29 is 14.3 Å². The van der Waals surface area contributed by atoms with Gasteiger partial charge in [0.25, 0.3) is 0 Å². The molecule has 2 N–H and O–H groups in total. The third kappa shape index (κ3) is 3.18. The molecule has 17 heavy (non-hydrogen) atoms. The second-order valence-corrected chi connectivity index (χ2v) is 5.16. The number of nitrogens with zero attached hydrogens (tertiary/aromatic N) is 1. The van der Waals surface area contributed by atoms with Crippen LogP contribution in [-0.4, -0.2) is 56.9 Å². The lowest BCUT2D eigenvalue weighted by Crippen LogP contribution is -2.48. The number of nitrogens with two attached hydrogens (primary N) is 1. The van der Waals surface area contributed by atoms with Crippen molar-refractivity contribution in [3.63, 3.8) is 0 Å². The molecule has 0 spiro atoms. The molecule has 0 aromatic heterocycles. The molecular weight excluding hydrogens is 220 g/mol. The van der Waals surface area contributed by atoms with Crippen LogP contribution in [0, 0.1) is 5.41 Å². The van der Waals surface area contributed by atoms with Crippen LogP contribution in [0.5, 0.6) is 0 Å². The van der Waals surface area contributed by atoms with E-state index in [1.807, 2.05) is 0 Å². The summed E-state index contributed by atoms with van der Waals surface area (Å²) < 4.78 is 10.1. The van der Waals surface area contributed by atoms with Gasteiger partial charge in [-0.2, -0.15) is 0 Å². The number of morpholine rings is 1. The molecule has 0 aromatic carbocycles. The highest BCUT2D eigenvalue weighted by molar-refractivity contribution is 5.74. The summed E-state index contributed by atoms with van der Waals surface area (Å²) in [6.45, 7) is 3.96. The van der Waals surface area contributed by atoms with Crippen molar-refractivity contribution in [2.45, 2.75) is 25.4 Å². The fourth-order valence-corrected chi connectivity index (χ4v) is 2.56. The molecule has 2 fully saturated rings. The van der Waals surface area contributed by atoms with Crippen LogP contribution in [0.25, 0.3) is 0 Å².